The summed E-state index contributed by atoms with van der Waals surface area (Å²) in [5, 5.41) is 8.86. The van der Waals surface area contributed by atoms with Crippen molar-refractivity contribution >= 4 is 12.2 Å². The van der Waals surface area contributed by atoms with Crippen molar-refractivity contribution in [3.63, 3.8) is 0 Å². The monoisotopic (exact) mass is 481 g/mol. The van der Waals surface area contributed by atoms with Crippen LogP contribution in [-0.4, -0.2) is 67.6 Å². The van der Waals surface area contributed by atoms with Gasteiger partial charge < -0.3 is 13.7 Å². The number of benzene rings is 1. The van der Waals surface area contributed by atoms with Crippen LogP contribution in [0, 0.1) is 4.77 Å². The van der Waals surface area contributed by atoms with E-state index in [0.717, 1.165) is 55.6 Å². The van der Waals surface area contributed by atoms with Gasteiger partial charge in [0.1, 0.15) is 5.75 Å². The highest BCUT2D eigenvalue weighted by atomic mass is 32.1. The number of aromatic nitrogens is 5. The van der Waals surface area contributed by atoms with Gasteiger partial charge in [0.15, 0.2) is 16.4 Å². The van der Waals surface area contributed by atoms with E-state index >= 15 is 0 Å². The number of furan rings is 1. The molecule has 1 saturated heterocycles. The molecule has 0 aliphatic carbocycles. The molecular weight excluding hydrogens is 454 g/mol. The van der Waals surface area contributed by atoms with Gasteiger partial charge in [-0.15, -0.1) is 5.10 Å². The molecule has 3 aromatic heterocycles. The third-order valence-electron chi connectivity index (χ3n) is 5.95. The predicted molar refractivity (Wildman–Crippen MR) is 128 cm³/mol. The summed E-state index contributed by atoms with van der Waals surface area (Å²) in [6.07, 6.45) is 1.65. The minimum Gasteiger partial charge on any atom is -0.497 e. The van der Waals surface area contributed by atoms with E-state index in [9.17, 15) is 0 Å². The molecular formula is C23H27N7O3S. The number of hydrogen-bond acceptors (Lipinski definition) is 9. The van der Waals surface area contributed by atoms with E-state index in [4.69, 9.17) is 31.0 Å². The Balaban J connectivity index is 1.18. The van der Waals surface area contributed by atoms with Gasteiger partial charge >= 0.3 is 0 Å². The smallest absolute Gasteiger partial charge is 0.241 e. The molecule has 4 aromatic rings. The summed E-state index contributed by atoms with van der Waals surface area (Å²) in [6, 6.07) is 11.4. The summed E-state index contributed by atoms with van der Waals surface area (Å²) in [6.45, 7) is 7.67. The molecule has 34 heavy (non-hydrogen) atoms. The van der Waals surface area contributed by atoms with E-state index in [1.807, 2.05) is 45.6 Å². The van der Waals surface area contributed by atoms with E-state index in [1.165, 1.54) is 0 Å². The van der Waals surface area contributed by atoms with Crippen LogP contribution in [0.1, 0.15) is 12.8 Å². The Bertz CT molecular complexity index is 1270. The average Bonchev–Trinajstić information content (AvgIpc) is 3.62. The molecule has 0 N–H and O–H groups in total. The first kappa shape index (κ1) is 22.5. The fourth-order valence-electron chi connectivity index (χ4n) is 4.05. The van der Waals surface area contributed by atoms with E-state index in [1.54, 1.807) is 13.4 Å². The first-order chi connectivity index (χ1) is 16.6. The number of nitrogens with zero attached hydrogens (tertiary/aromatic N) is 7. The molecule has 0 radical (unpaired) electrons. The van der Waals surface area contributed by atoms with Crippen molar-refractivity contribution in [2.24, 2.45) is 0 Å². The second-order valence-corrected chi connectivity index (χ2v) is 8.47. The quantitative estimate of drug-likeness (QED) is 0.351. The van der Waals surface area contributed by atoms with Gasteiger partial charge in [0.25, 0.3) is 0 Å². The largest absolute Gasteiger partial charge is 0.497 e. The molecule has 10 nitrogen and oxygen atoms in total. The minimum atomic E-state index is 0.588. The number of methoxy groups -OCH3 is 1. The molecule has 0 unspecified atom stereocenters. The lowest BCUT2D eigenvalue weighted by molar-refractivity contribution is 0.0908. The number of ether oxygens (including phenoxy) is 1. The van der Waals surface area contributed by atoms with Crippen LogP contribution in [0.3, 0.4) is 0 Å². The second-order valence-electron chi connectivity index (χ2n) is 8.10. The van der Waals surface area contributed by atoms with E-state index < -0.39 is 0 Å². The maximum atomic E-state index is 5.67. The van der Waals surface area contributed by atoms with Crippen molar-refractivity contribution in [1.82, 2.24) is 34.3 Å². The molecule has 0 bridgehead atoms. The highest BCUT2D eigenvalue weighted by Gasteiger charge is 2.21. The summed E-state index contributed by atoms with van der Waals surface area (Å²) in [7, 11) is 1.64. The normalized spacial score (nSPS) is 15.1. The Morgan fingerprint density at radius 1 is 1.06 bits per heavy atom. The lowest BCUT2D eigenvalue weighted by Gasteiger charge is -2.33. The highest BCUT2D eigenvalue weighted by molar-refractivity contribution is 7.71. The predicted octanol–water partition coefficient (Wildman–Crippen LogP) is 3.53. The van der Waals surface area contributed by atoms with Crippen molar-refractivity contribution < 1.29 is 13.7 Å². The van der Waals surface area contributed by atoms with Gasteiger partial charge in [-0.05, 0) is 55.5 Å². The number of piperazine rings is 1. The Labute approximate surface area is 202 Å². The third-order valence-corrected chi connectivity index (χ3v) is 6.39. The minimum absolute atomic E-state index is 0.588. The van der Waals surface area contributed by atoms with Crippen molar-refractivity contribution in [3.8, 4) is 28.7 Å². The third kappa shape index (κ3) is 4.67. The topological polar surface area (TPSA) is 90.5 Å². The van der Waals surface area contributed by atoms with Crippen molar-refractivity contribution in [3.05, 3.63) is 53.3 Å². The van der Waals surface area contributed by atoms with E-state index in [2.05, 4.69) is 26.9 Å². The standard InChI is InChI=1S/C23H27N7O3S/c1-3-29-22(19-5-4-14-32-19)25-30(23(29)34)16-28-12-10-27(11-13-28)15-20-24-21(26-33-20)17-6-8-18(31-2)9-7-17/h4-9,14H,3,10-13,15-16H2,1-2H3. The van der Waals surface area contributed by atoms with Gasteiger partial charge in [0.05, 0.1) is 26.6 Å². The molecule has 0 saturated carbocycles. The Kier molecular flexibility index (Phi) is 6.57. The van der Waals surface area contributed by atoms with Crippen LogP contribution in [0.4, 0.5) is 0 Å². The van der Waals surface area contributed by atoms with Gasteiger partial charge in [0, 0.05) is 38.3 Å². The van der Waals surface area contributed by atoms with Crippen LogP contribution >= 0.6 is 12.2 Å². The Morgan fingerprint density at radius 3 is 2.50 bits per heavy atom. The molecule has 1 aliphatic rings. The van der Waals surface area contributed by atoms with Crippen molar-refractivity contribution in [1.29, 1.82) is 0 Å². The van der Waals surface area contributed by atoms with Gasteiger partial charge in [-0.25, -0.2) is 4.68 Å². The molecule has 11 heteroatoms. The highest BCUT2D eigenvalue weighted by Crippen LogP contribution is 2.21. The fourth-order valence-corrected chi connectivity index (χ4v) is 4.37. The van der Waals surface area contributed by atoms with Crippen molar-refractivity contribution in [2.45, 2.75) is 26.7 Å². The molecule has 178 valence electrons. The van der Waals surface area contributed by atoms with E-state index in [-0.39, 0.29) is 0 Å². The SMILES string of the molecule is CCn1c(-c2ccco2)nn(CN2CCN(Cc3nc(-c4ccc(OC)cc4)no3)CC2)c1=S. The van der Waals surface area contributed by atoms with Crippen molar-refractivity contribution in [2.75, 3.05) is 33.3 Å². The lowest BCUT2D eigenvalue weighted by Crippen LogP contribution is -2.46. The lowest BCUT2D eigenvalue weighted by atomic mass is 10.2. The zero-order valence-electron chi connectivity index (χ0n) is 19.3. The van der Waals surface area contributed by atoms with E-state index in [0.29, 0.717) is 29.7 Å². The van der Waals surface area contributed by atoms with Crippen LogP contribution in [0.15, 0.2) is 51.6 Å². The summed E-state index contributed by atoms with van der Waals surface area (Å²) < 4.78 is 20.8. The summed E-state index contributed by atoms with van der Waals surface area (Å²) in [5.74, 6) is 3.49. The van der Waals surface area contributed by atoms with Gasteiger partial charge in [-0.1, -0.05) is 5.16 Å². The second kappa shape index (κ2) is 9.92. The van der Waals surface area contributed by atoms with Crippen LogP contribution in [0.25, 0.3) is 23.0 Å². The molecule has 5 rings (SSSR count). The first-order valence-corrected chi connectivity index (χ1v) is 11.7. The summed E-state index contributed by atoms with van der Waals surface area (Å²) in [5.41, 5.74) is 0.901. The van der Waals surface area contributed by atoms with Crippen LogP contribution in [0.2, 0.25) is 0 Å². The fraction of sp³-hybridized carbons (Fsp3) is 0.391. The average molecular weight is 482 g/mol. The molecule has 1 fully saturated rings. The number of hydrogen-bond donors (Lipinski definition) is 0. The maximum Gasteiger partial charge on any atom is 0.241 e. The molecule has 1 aromatic carbocycles. The van der Waals surface area contributed by atoms with Crippen LogP contribution in [0.5, 0.6) is 5.75 Å². The van der Waals surface area contributed by atoms with Crippen LogP contribution in [-0.2, 0) is 19.8 Å². The number of rotatable bonds is 8. The van der Waals surface area contributed by atoms with Crippen LogP contribution < -0.4 is 4.74 Å². The Morgan fingerprint density at radius 2 is 1.82 bits per heavy atom. The summed E-state index contributed by atoms with van der Waals surface area (Å²) in [4.78, 5) is 9.23. The maximum absolute atomic E-state index is 5.67. The Hall–Kier alpha value is -3.28. The molecule has 4 heterocycles. The van der Waals surface area contributed by atoms with Gasteiger partial charge in [0.2, 0.25) is 11.7 Å². The van der Waals surface area contributed by atoms with Gasteiger partial charge in [-0.2, -0.15) is 4.98 Å². The van der Waals surface area contributed by atoms with Gasteiger partial charge in [-0.3, -0.25) is 14.4 Å². The summed E-state index contributed by atoms with van der Waals surface area (Å²) >= 11 is 5.67. The molecule has 0 amide bonds. The molecule has 1 aliphatic heterocycles. The molecule has 0 atom stereocenters. The molecule has 0 spiro atoms. The zero-order chi connectivity index (χ0) is 23.5. The first-order valence-electron chi connectivity index (χ1n) is 11.3. The zero-order valence-corrected chi connectivity index (χ0v) is 20.1.